The Balaban J connectivity index is 1.65. The molecule has 1 amide bonds. The molecule has 2 aromatic heterocycles. The van der Waals surface area contributed by atoms with E-state index in [4.69, 9.17) is 9.47 Å². The standard InChI is InChI=1S/C24H31N5O3/c1-6-31-10-11-32-15-20-8-7-9-21(13-20)27-23(30)14-22-18(4)28-29(19(22)5)24-25-16(2)12-17(3)26-24/h7-9,12-13H,6,10-11,14-15H2,1-5H3,(H,27,30). The number of nitrogens with zero attached hydrogens (tertiary/aromatic N) is 4. The number of nitrogens with one attached hydrogen (secondary N) is 1. The van der Waals surface area contributed by atoms with E-state index in [0.29, 0.717) is 32.4 Å². The molecule has 0 fully saturated rings. The van der Waals surface area contributed by atoms with Crippen LogP contribution in [0.25, 0.3) is 5.95 Å². The van der Waals surface area contributed by atoms with Gasteiger partial charge in [-0.3, -0.25) is 4.79 Å². The van der Waals surface area contributed by atoms with E-state index in [9.17, 15) is 4.79 Å². The summed E-state index contributed by atoms with van der Waals surface area (Å²) in [7, 11) is 0. The van der Waals surface area contributed by atoms with Gasteiger partial charge in [-0.15, -0.1) is 0 Å². The fourth-order valence-electron chi connectivity index (χ4n) is 3.48. The molecule has 2 heterocycles. The summed E-state index contributed by atoms with van der Waals surface area (Å²) in [6.45, 7) is 11.9. The number of ether oxygens (including phenoxy) is 2. The van der Waals surface area contributed by atoms with E-state index in [1.807, 2.05) is 65.0 Å². The Morgan fingerprint density at radius 2 is 1.75 bits per heavy atom. The lowest BCUT2D eigenvalue weighted by molar-refractivity contribution is -0.115. The number of aromatic nitrogens is 4. The number of hydrogen-bond donors (Lipinski definition) is 1. The van der Waals surface area contributed by atoms with E-state index in [1.165, 1.54) is 0 Å². The molecule has 0 saturated heterocycles. The molecule has 3 rings (SSSR count). The van der Waals surface area contributed by atoms with Gasteiger partial charge in [0.25, 0.3) is 5.95 Å². The van der Waals surface area contributed by atoms with Gasteiger partial charge in [0.05, 0.1) is 31.9 Å². The van der Waals surface area contributed by atoms with E-state index in [-0.39, 0.29) is 12.3 Å². The van der Waals surface area contributed by atoms with Crippen molar-refractivity contribution in [1.29, 1.82) is 0 Å². The molecule has 1 aromatic carbocycles. The molecular formula is C24H31N5O3. The molecule has 0 radical (unpaired) electrons. The molecule has 0 aliphatic carbocycles. The first-order chi connectivity index (χ1) is 15.4. The van der Waals surface area contributed by atoms with E-state index in [2.05, 4.69) is 20.4 Å². The van der Waals surface area contributed by atoms with Gasteiger partial charge in [-0.05, 0) is 58.4 Å². The second kappa shape index (κ2) is 11.0. The van der Waals surface area contributed by atoms with Crippen LogP contribution in [-0.4, -0.2) is 45.5 Å². The highest BCUT2D eigenvalue weighted by molar-refractivity contribution is 5.92. The lowest BCUT2D eigenvalue weighted by Gasteiger charge is -2.09. The summed E-state index contributed by atoms with van der Waals surface area (Å²) >= 11 is 0. The van der Waals surface area contributed by atoms with Gasteiger partial charge in [0, 0.05) is 34.9 Å². The Morgan fingerprint density at radius 1 is 1.03 bits per heavy atom. The Kier molecular flexibility index (Phi) is 8.08. The maximum absolute atomic E-state index is 12.8. The number of rotatable bonds is 10. The van der Waals surface area contributed by atoms with Crippen LogP contribution in [0.3, 0.4) is 0 Å². The average molecular weight is 438 g/mol. The first kappa shape index (κ1) is 23.6. The lowest BCUT2D eigenvalue weighted by Crippen LogP contribution is -2.15. The van der Waals surface area contributed by atoms with Crippen LogP contribution in [0.15, 0.2) is 30.3 Å². The zero-order valence-corrected chi connectivity index (χ0v) is 19.4. The number of anilines is 1. The summed E-state index contributed by atoms with van der Waals surface area (Å²) in [5.74, 6) is 0.415. The number of carbonyl (C=O) groups excluding carboxylic acids is 1. The predicted molar refractivity (Wildman–Crippen MR) is 123 cm³/mol. The van der Waals surface area contributed by atoms with Crippen LogP contribution < -0.4 is 5.32 Å². The third kappa shape index (κ3) is 6.21. The summed E-state index contributed by atoms with van der Waals surface area (Å²) in [6, 6.07) is 9.59. The maximum Gasteiger partial charge on any atom is 0.251 e. The third-order valence-corrected chi connectivity index (χ3v) is 4.99. The Morgan fingerprint density at radius 3 is 2.47 bits per heavy atom. The molecule has 8 heteroatoms. The Hall–Kier alpha value is -3.10. The third-order valence-electron chi connectivity index (χ3n) is 4.99. The number of amides is 1. The highest BCUT2D eigenvalue weighted by Gasteiger charge is 2.18. The number of carbonyl (C=O) groups is 1. The Labute approximate surface area is 189 Å². The second-order valence-electron chi connectivity index (χ2n) is 7.69. The van der Waals surface area contributed by atoms with Crippen LogP contribution >= 0.6 is 0 Å². The number of aryl methyl sites for hydroxylation is 3. The van der Waals surface area contributed by atoms with Gasteiger partial charge in [0.1, 0.15) is 0 Å². The van der Waals surface area contributed by atoms with Crippen LogP contribution in [0, 0.1) is 27.7 Å². The minimum absolute atomic E-state index is 0.105. The first-order valence-electron chi connectivity index (χ1n) is 10.8. The van der Waals surface area contributed by atoms with Crippen LogP contribution in [0.1, 0.15) is 40.8 Å². The molecule has 32 heavy (non-hydrogen) atoms. The van der Waals surface area contributed by atoms with Gasteiger partial charge in [-0.2, -0.15) is 5.10 Å². The number of benzene rings is 1. The Bertz CT molecular complexity index is 1060. The zero-order chi connectivity index (χ0) is 23.1. The molecule has 1 N–H and O–H groups in total. The normalized spacial score (nSPS) is 11.0. The minimum atomic E-state index is -0.105. The molecule has 0 atom stereocenters. The monoisotopic (exact) mass is 437 g/mol. The van der Waals surface area contributed by atoms with Crippen molar-refractivity contribution in [2.75, 3.05) is 25.1 Å². The van der Waals surface area contributed by atoms with Crippen LogP contribution in [0.2, 0.25) is 0 Å². The highest BCUT2D eigenvalue weighted by atomic mass is 16.5. The summed E-state index contributed by atoms with van der Waals surface area (Å²) in [5, 5.41) is 7.55. The van der Waals surface area contributed by atoms with Crippen molar-refractivity contribution in [3.63, 3.8) is 0 Å². The fourth-order valence-corrected chi connectivity index (χ4v) is 3.48. The minimum Gasteiger partial charge on any atom is -0.379 e. The summed E-state index contributed by atoms with van der Waals surface area (Å²) < 4.78 is 12.6. The average Bonchev–Trinajstić information content (AvgIpc) is 3.01. The zero-order valence-electron chi connectivity index (χ0n) is 19.4. The van der Waals surface area contributed by atoms with E-state index >= 15 is 0 Å². The van der Waals surface area contributed by atoms with Gasteiger partial charge in [0.2, 0.25) is 5.91 Å². The largest absolute Gasteiger partial charge is 0.379 e. The van der Waals surface area contributed by atoms with Crippen molar-refractivity contribution in [3.8, 4) is 5.95 Å². The van der Waals surface area contributed by atoms with Crippen molar-refractivity contribution in [2.45, 2.75) is 47.6 Å². The summed E-state index contributed by atoms with van der Waals surface area (Å²) in [6.07, 6.45) is 0.220. The highest BCUT2D eigenvalue weighted by Crippen LogP contribution is 2.18. The fraction of sp³-hybridized carbons (Fsp3) is 0.417. The second-order valence-corrected chi connectivity index (χ2v) is 7.69. The molecule has 0 saturated carbocycles. The van der Waals surface area contributed by atoms with Gasteiger partial charge in [-0.1, -0.05) is 12.1 Å². The van der Waals surface area contributed by atoms with Gasteiger partial charge in [0.15, 0.2) is 0 Å². The molecular weight excluding hydrogens is 406 g/mol. The smallest absolute Gasteiger partial charge is 0.251 e. The van der Waals surface area contributed by atoms with Crippen molar-refractivity contribution in [3.05, 3.63) is 64.2 Å². The van der Waals surface area contributed by atoms with Crippen LogP contribution in [0.4, 0.5) is 5.69 Å². The molecule has 0 spiro atoms. The quantitative estimate of drug-likeness (QED) is 0.487. The number of hydrogen-bond acceptors (Lipinski definition) is 6. The summed E-state index contributed by atoms with van der Waals surface area (Å²) in [4.78, 5) is 21.7. The van der Waals surface area contributed by atoms with Crippen molar-refractivity contribution < 1.29 is 14.3 Å². The summed E-state index contributed by atoms with van der Waals surface area (Å²) in [5.41, 5.74) is 6.01. The molecule has 3 aromatic rings. The maximum atomic E-state index is 12.8. The molecule has 0 unspecified atom stereocenters. The van der Waals surface area contributed by atoms with E-state index in [1.54, 1.807) is 4.68 Å². The van der Waals surface area contributed by atoms with Gasteiger partial charge >= 0.3 is 0 Å². The van der Waals surface area contributed by atoms with Crippen molar-refractivity contribution in [2.24, 2.45) is 0 Å². The van der Waals surface area contributed by atoms with Gasteiger partial charge in [-0.25, -0.2) is 14.6 Å². The molecule has 0 aliphatic heterocycles. The molecule has 8 nitrogen and oxygen atoms in total. The SMILES string of the molecule is CCOCCOCc1cccc(NC(=O)Cc2c(C)nn(-c3nc(C)cc(C)n3)c2C)c1. The van der Waals surface area contributed by atoms with E-state index in [0.717, 1.165) is 39.6 Å². The van der Waals surface area contributed by atoms with Crippen LogP contribution in [0.5, 0.6) is 0 Å². The molecule has 0 aliphatic rings. The molecule has 170 valence electrons. The first-order valence-corrected chi connectivity index (χ1v) is 10.8. The van der Waals surface area contributed by atoms with Gasteiger partial charge < -0.3 is 14.8 Å². The van der Waals surface area contributed by atoms with Crippen LogP contribution in [-0.2, 0) is 27.3 Å². The topological polar surface area (TPSA) is 91.2 Å². The van der Waals surface area contributed by atoms with E-state index < -0.39 is 0 Å². The van der Waals surface area contributed by atoms with Crippen molar-refractivity contribution in [1.82, 2.24) is 19.7 Å². The van der Waals surface area contributed by atoms with Crippen molar-refractivity contribution >= 4 is 11.6 Å². The lowest BCUT2D eigenvalue weighted by atomic mass is 10.1. The molecule has 0 bridgehead atoms. The predicted octanol–water partition coefficient (Wildman–Crippen LogP) is 3.63.